The smallest absolute Gasteiger partial charge is 0.330 e. The Morgan fingerprint density at radius 3 is 1.93 bits per heavy atom. The largest absolute Gasteiger partial charge is 0.497 e. The van der Waals surface area contributed by atoms with Crippen LogP contribution in [0.4, 0.5) is 0 Å². The van der Waals surface area contributed by atoms with Gasteiger partial charge in [-0.25, -0.2) is 4.79 Å². The maximum atomic E-state index is 12.5. The number of hydrogen-bond donors (Lipinski definition) is 2. The van der Waals surface area contributed by atoms with Crippen molar-refractivity contribution < 1.29 is 24.1 Å². The fraction of sp³-hybridized carbons (Fsp3) is 0.290. The number of benzene rings is 3. The van der Waals surface area contributed by atoms with E-state index in [9.17, 15) is 14.7 Å². The zero-order valence-electron chi connectivity index (χ0n) is 22.5. The van der Waals surface area contributed by atoms with Crippen LogP contribution < -0.4 is 20.7 Å². The van der Waals surface area contributed by atoms with E-state index in [1.54, 1.807) is 21.1 Å². The lowest BCUT2D eigenvalue weighted by Gasteiger charge is -2.37. The van der Waals surface area contributed by atoms with Crippen LogP contribution in [0.15, 0.2) is 101 Å². The van der Waals surface area contributed by atoms with Crippen molar-refractivity contribution in [1.82, 2.24) is 9.55 Å². The molecule has 208 valence electrons. The van der Waals surface area contributed by atoms with Crippen molar-refractivity contribution in [2.24, 2.45) is 5.92 Å². The summed E-state index contributed by atoms with van der Waals surface area (Å²) in [6, 6.07) is 26.4. The second kappa shape index (κ2) is 11.5. The average Bonchev–Trinajstić information content (AvgIpc) is 3.27. The highest BCUT2D eigenvalue weighted by Crippen LogP contribution is 2.43. The molecule has 9 heteroatoms. The number of aliphatic hydroxyl groups excluding tert-OH is 1. The average molecular weight is 545 g/mol. The number of nitrogens with one attached hydrogen (secondary N) is 1. The Morgan fingerprint density at radius 2 is 1.40 bits per heavy atom. The van der Waals surface area contributed by atoms with E-state index in [0.29, 0.717) is 11.5 Å². The summed E-state index contributed by atoms with van der Waals surface area (Å²) in [7, 11) is 3.23. The standard InChI is InChI=1S/C31H32N2O7/c1-20-28(35)26(40-29(20)33-18-17-27(34)32-30(33)36)19-39-31(21-7-5-4-6-8-21,22-9-13-24(37-2)14-10-22)23-11-15-25(38-3)16-12-23/h4-18,20,26,28-29,35H,19H2,1-3H3,(H,32,34,36)/t20-,26+,28-,29+/m0/s1. The summed E-state index contributed by atoms with van der Waals surface area (Å²) in [5, 5.41) is 11.2. The van der Waals surface area contributed by atoms with E-state index in [2.05, 4.69) is 4.98 Å². The van der Waals surface area contributed by atoms with E-state index in [0.717, 1.165) is 16.7 Å². The van der Waals surface area contributed by atoms with E-state index in [4.69, 9.17) is 18.9 Å². The zero-order valence-corrected chi connectivity index (χ0v) is 22.5. The SMILES string of the molecule is COc1ccc(C(OC[C@H]2O[C@@H](n3ccc(=O)[nH]c3=O)[C@@H](C)[C@@H]2O)(c2ccccc2)c2ccc(OC)cc2)cc1. The van der Waals surface area contributed by atoms with E-state index < -0.39 is 41.2 Å². The van der Waals surface area contributed by atoms with Gasteiger partial charge in [0.1, 0.15) is 29.4 Å². The van der Waals surface area contributed by atoms with Crippen molar-refractivity contribution in [2.75, 3.05) is 20.8 Å². The minimum absolute atomic E-state index is 0.00701. The van der Waals surface area contributed by atoms with Crippen molar-refractivity contribution >= 4 is 0 Å². The number of ether oxygens (including phenoxy) is 4. The molecule has 40 heavy (non-hydrogen) atoms. The third-order valence-electron chi connectivity index (χ3n) is 7.45. The van der Waals surface area contributed by atoms with E-state index >= 15 is 0 Å². The first kappa shape index (κ1) is 27.4. The number of methoxy groups -OCH3 is 2. The van der Waals surface area contributed by atoms with Crippen LogP contribution in [0.2, 0.25) is 0 Å². The quantitative estimate of drug-likeness (QED) is 0.311. The van der Waals surface area contributed by atoms with Crippen molar-refractivity contribution in [3.8, 4) is 11.5 Å². The van der Waals surface area contributed by atoms with Crippen LogP contribution in [0.1, 0.15) is 29.8 Å². The number of rotatable bonds is 9. The highest BCUT2D eigenvalue weighted by molar-refractivity contribution is 5.49. The van der Waals surface area contributed by atoms with Crippen molar-refractivity contribution in [1.29, 1.82) is 0 Å². The lowest BCUT2D eigenvalue weighted by Crippen LogP contribution is -2.38. The summed E-state index contributed by atoms with van der Waals surface area (Å²) in [6.07, 6.45) is -1.08. The summed E-state index contributed by atoms with van der Waals surface area (Å²) in [4.78, 5) is 26.3. The summed E-state index contributed by atoms with van der Waals surface area (Å²) in [5.74, 6) is 0.973. The second-order valence-electron chi connectivity index (χ2n) is 9.75. The Labute approximate surface area is 231 Å². The van der Waals surface area contributed by atoms with Gasteiger partial charge in [0.05, 0.1) is 26.9 Å². The van der Waals surface area contributed by atoms with Crippen LogP contribution >= 0.6 is 0 Å². The van der Waals surface area contributed by atoms with Crippen LogP contribution in [0, 0.1) is 5.92 Å². The van der Waals surface area contributed by atoms with E-state index in [1.807, 2.05) is 78.9 Å². The van der Waals surface area contributed by atoms with Crippen molar-refractivity contribution in [2.45, 2.75) is 31.0 Å². The van der Waals surface area contributed by atoms with E-state index in [-0.39, 0.29) is 6.61 Å². The molecule has 1 aromatic heterocycles. The first-order valence-electron chi connectivity index (χ1n) is 13.0. The van der Waals surface area contributed by atoms with Gasteiger partial charge in [-0.3, -0.25) is 14.3 Å². The van der Waals surface area contributed by atoms with Gasteiger partial charge in [-0.2, -0.15) is 0 Å². The Balaban J connectivity index is 1.56. The first-order valence-corrected chi connectivity index (χ1v) is 13.0. The van der Waals surface area contributed by atoms with Crippen LogP contribution in [0.3, 0.4) is 0 Å². The molecule has 4 atom stereocenters. The van der Waals surface area contributed by atoms with Gasteiger partial charge in [-0.05, 0) is 41.0 Å². The maximum absolute atomic E-state index is 12.5. The first-order chi connectivity index (χ1) is 19.4. The molecule has 9 nitrogen and oxygen atoms in total. The third-order valence-corrected chi connectivity index (χ3v) is 7.45. The zero-order chi connectivity index (χ0) is 28.3. The molecule has 0 radical (unpaired) electrons. The summed E-state index contributed by atoms with van der Waals surface area (Å²) >= 11 is 0. The number of hydrogen-bond acceptors (Lipinski definition) is 7. The van der Waals surface area contributed by atoms with Gasteiger partial charge in [0, 0.05) is 18.2 Å². The molecule has 0 amide bonds. The fourth-order valence-corrected chi connectivity index (χ4v) is 5.26. The molecule has 0 unspecified atom stereocenters. The molecule has 5 rings (SSSR count). The molecule has 1 aliphatic rings. The van der Waals surface area contributed by atoms with Crippen LogP contribution in [-0.2, 0) is 15.1 Å². The van der Waals surface area contributed by atoms with Crippen LogP contribution in [0.5, 0.6) is 11.5 Å². The molecule has 3 aromatic carbocycles. The number of aromatic amines is 1. The Bertz CT molecular complexity index is 1480. The Kier molecular flexibility index (Phi) is 7.88. The molecule has 4 aromatic rings. The molecule has 0 spiro atoms. The predicted molar refractivity (Wildman–Crippen MR) is 149 cm³/mol. The van der Waals surface area contributed by atoms with Gasteiger partial charge in [0.2, 0.25) is 0 Å². The molecule has 1 aliphatic heterocycles. The Hall–Kier alpha value is -4.18. The molecular formula is C31H32N2O7. The number of H-pyrrole nitrogens is 1. The predicted octanol–water partition coefficient (Wildman–Crippen LogP) is 3.46. The van der Waals surface area contributed by atoms with Gasteiger partial charge in [-0.15, -0.1) is 0 Å². The molecular weight excluding hydrogens is 512 g/mol. The minimum atomic E-state index is -1.08. The lowest BCUT2D eigenvalue weighted by atomic mass is 9.80. The molecule has 0 aliphatic carbocycles. The summed E-state index contributed by atoms with van der Waals surface area (Å²) in [5.41, 5.74) is 0.377. The maximum Gasteiger partial charge on any atom is 0.330 e. The number of nitrogens with zero attached hydrogens (tertiary/aromatic N) is 1. The van der Waals surface area contributed by atoms with Crippen molar-refractivity contribution in [3.05, 3.63) is 129 Å². The monoisotopic (exact) mass is 544 g/mol. The normalized spacial score (nSPS) is 20.8. The van der Waals surface area contributed by atoms with E-state index in [1.165, 1.54) is 16.8 Å². The molecule has 0 bridgehead atoms. The molecule has 2 heterocycles. The minimum Gasteiger partial charge on any atom is -0.497 e. The van der Waals surface area contributed by atoms with Gasteiger partial charge < -0.3 is 24.1 Å². The number of aliphatic hydroxyl groups is 1. The van der Waals surface area contributed by atoms with Gasteiger partial charge in [0.15, 0.2) is 0 Å². The molecule has 0 saturated carbocycles. The van der Waals surface area contributed by atoms with Gasteiger partial charge in [-0.1, -0.05) is 61.5 Å². The van der Waals surface area contributed by atoms with Gasteiger partial charge >= 0.3 is 5.69 Å². The summed E-state index contributed by atoms with van der Waals surface area (Å²) in [6.45, 7) is 1.80. The summed E-state index contributed by atoms with van der Waals surface area (Å²) < 4.78 is 25.1. The molecule has 1 fully saturated rings. The molecule has 1 saturated heterocycles. The highest BCUT2D eigenvalue weighted by Gasteiger charge is 2.45. The topological polar surface area (TPSA) is 112 Å². The second-order valence-corrected chi connectivity index (χ2v) is 9.75. The van der Waals surface area contributed by atoms with Gasteiger partial charge in [0.25, 0.3) is 5.56 Å². The highest BCUT2D eigenvalue weighted by atomic mass is 16.6. The Morgan fingerprint density at radius 1 is 0.850 bits per heavy atom. The van der Waals surface area contributed by atoms with Crippen LogP contribution in [-0.4, -0.2) is 47.7 Å². The van der Waals surface area contributed by atoms with Crippen LogP contribution in [0.25, 0.3) is 0 Å². The van der Waals surface area contributed by atoms with Crippen molar-refractivity contribution in [3.63, 3.8) is 0 Å². The third kappa shape index (κ3) is 5.06. The lowest BCUT2D eigenvalue weighted by molar-refractivity contribution is -0.0948. The number of aromatic nitrogens is 2. The fourth-order valence-electron chi connectivity index (χ4n) is 5.26. The molecule has 2 N–H and O–H groups in total.